The number of nitrogens with zero attached hydrogens (tertiary/aromatic N) is 5. The molecule has 1 aromatic carbocycles. The Balaban J connectivity index is 1.98. The Morgan fingerprint density at radius 3 is 2.45 bits per heavy atom. The SMILES string of the molecule is Cc1cc2nc3c(nc2cc1C)N(C)C1=NCC(C)N1C3=O. The van der Waals surface area contributed by atoms with Crippen LogP contribution in [0.3, 0.4) is 0 Å². The minimum atomic E-state index is -0.107. The van der Waals surface area contributed by atoms with Gasteiger partial charge in [-0.25, -0.2) is 9.97 Å². The van der Waals surface area contributed by atoms with Crippen LogP contribution in [0.25, 0.3) is 11.0 Å². The second-order valence-corrected chi connectivity index (χ2v) is 6.04. The van der Waals surface area contributed by atoms with Crippen LogP contribution in [0.4, 0.5) is 5.82 Å². The highest BCUT2D eigenvalue weighted by Gasteiger charge is 2.41. The fourth-order valence-electron chi connectivity index (χ4n) is 3.02. The Morgan fingerprint density at radius 2 is 1.77 bits per heavy atom. The van der Waals surface area contributed by atoms with Crippen molar-refractivity contribution < 1.29 is 4.79 Å². The van der Waals surface area contributed by atoms with Gasteiger partial charge in [-0.1, -0.05) is 0 Å². The Labute approximate surface area is 128 Å². The van der Waals surface area contributed by atoms with Crippen molar-refractivity contribution in [3.05, 3.63) is 29.0 Å². The Kier molecular flexibility index (Phi) is 2.55. The standard InChI is InChI=1S/C16H17N5O/c1-8-5-11-12(6-9(8)2)19-14-13(18-11)15(22)21-10(3)7-17-16(21)20(14)4/h5-6,10H,7H2,1-4H3. The predicted octanol–water partition coefficient (Wildman–Crippen LogP) is 1.90. The van der Waals surface area contributed by atoms with E-state index in [-0.39, 0.29) is 11.9 Å². The van der Waals surface area contributed by atoms with Gasteiger partial charge in [-0.05, 0) is 44.0 Å². The number of carbonyl (C=O) groups excluding carboxylic acids is 1. The number of rotatable bonds is 0. The topological polar surface area (TPSA) is 61.7 Å². The van der Waals surface area contributed by atoms with Crippen LogP contribution in [0.15, 0.2) is 17.1 Å². The van der Waals surface area contributed by atoms with Gasteiger partial charge in [0.1, 0.15) is 0 Å². The van der Waals surface area contributed by atoms with E-state index in [2.05, 4.69) is 21.9 Å². The van der Waals surface area contributed by atoms with Gasteiger partial charge in [0, 0.05) is 7.05 Å². The third kappa shape index (κ3) is 1.60. The zero-order valence-electron chi connectivity index (χ0n) is 13.1. The molecule has 0 N–H and O–H groups in total. The van der Waals surface area contributed by atoms with Gasteiger partial charge in [0.25, 0.3) is 5.91 Å². The lowest BCUT2D eigenvalue weighted by Crippen LogP contribution is -2.51. The molecule has 22 heavy (non-hydrogen) atoms. The van der Waals surface area contributed by atoms with Crippen LogP contribution in [0, 0.1) is 13.8 Å². The summed E-state index contributed by atoms with van der Waals surface area (Å²) in [5.41, 5.74) is 4.29. The lowest BCUT2D eigenvalue weighted by Gasteiger charge is -2.34. The number of hydrogen-bond acceptors (Lipinski definition) is 5. The fraction of sp³-hybridized carbons (Fsp3) is 0.375. The average Bonchev–Trinajstić information content (AvgIpc) is 2.87. The van der Waals surface area contributed by atoms with Crippen molar-refractivity contribution in [3.63, 3.8) is 0 Å². The molecular formula is C16H17N5O. The molecule has 1 aromatic heterocycles. The lowest BCUT2D eigenvalue weighted by molar-refractivity contribution is 0.0813. The van der Waals surface area contributed by atoms with Crippen LogP contribution in [-0.2, 0) is 0 Å². The molecule has 112 valence electrons. The van der Waals surface area contributed by atoms with Crippen LogP contribution >= 0.6 is 0 Å². The number of aromatic nitrogens is 2. The molecule has 1 amide bonds. The highest BCUT2D eigenvalue weighted by Crippen LogP contribution is 2.30. The van der Waals surface area contributed by atoms with Crippen molar-refractivity contribution >= 4 is 28.7 Å². The molecule has 6 heteroatoms. The van der Waals surface area contributed by atoms with Gasteiger partial charge in [0.2, 0.25) is 5.96 Å². The number of anilines is 1. The van der Waals surface area contributed by atoms with E-state index >= 15 is 0 Å². The van der Waals surface area contributed by atoms with Crippen molar-refractivity contribution in [3.8, 4) is 0 Å². The largest absolute Gasteiger partial charge is 0.298 e. The number of hydrogen-bond donors (Lipinski definition) is 0. The highest BCUT2D eigenvalue weighted by molar-refractivity contribution is 6.18. The zero-order chi connectivity index (χ0) is 15.6. The van der Waals surface area contributed by atoms with Crippen LogP contribution in [-0.4, -0.2) is 46.4 Å². The fourth-order valence-corrected chi connectivity index (χ4v) is 3.02. The molecule has 6 nitrogen and oxygen atoms in total. The van der Waals surface area contributed by atoms with Gasteiger partial charge in [-0.2, -0.15) is 0 Å². The molecule has 0 radical (unpaired) electrons. The number of guanidine groups is 1. The molecule has 0 bridgehead atoms. The van der Waals surface area contributed by atoms with E-state index in [0.717, 1.165) is 16.6 Å². The van der Waals surface area contributed by atoms with E-state index in [0.29, 0.717) is 24.0 Å². The summed E-state index contributed by atoms with van der Waals surface area (Å²) in [7, 11) is 1.89. The van der Waals surface area contributed by atoms with Gasteiger partial charge in [0.15, 0.2) is 11.5 Å². The molecule has 0 saturated heterocycles. The van der Waals surface area contributed by atoms with Gasteiger partial charge < -0.3 is 0 Å². The minimum Gasteiger partial charge on any atom is -0.298 e. The van der Waals surface area contributed by atoms with Crippen molar-refractivity contribution in [2.75, 3.05) is 18.5 Å². The number of benzene rings is 1. The van der Waals surface area contributed by atoms with Crippen molar-refractivity contribution in [2.45, 2.75) is 26.8 Å². The van der Waals surface area contributed by atoms with Gasteiger partial charge >= 0.3 is 0 Å². The summed E-state index contributed by atoms with van der Waals surface area (Å²) in [6.07, 6.45) is 0. The molecule has 3 heterocycles. The van der Waals surface area contributed by atoms with E-state index in [4.69, 9.17) is 0 Å². The molecule has 1 unspecified atom stereocenters. The molecular weight excluding hydrogens is 278 g/mol. The van der Waals surface area contributed by atoms with Crippen LogP contribution in [0.1, 0.15) is 28.5 Å². The lowest BCUT2D eigenvalue weighted by atomic mass is 10.1. The monoisotopic (exact) mass is 295 g/mol. The van der Waals surface area contributed by atoms with E-state index in [9.17, 15) is 4.79 Å². The molecule has 4 rings (SSSR count). The Bertz CT molecular complexity index is 857. The summed E-state index contributed by atoms with van der Waals surface area (Å²) in [5.74, 6) is 1.15. The summed E-state index contributed by atoms with van der Waals surface area (Å²) in [6, 6.07) is 4.07. The summed E-state index contributed by atoms with van der Waals surface area (Å²) >= 11 is 0. The van der Waals surface area contributed by atoms with Gasteiger partial charge in [-0.15, -0.1) is 0 Å². The Hall–Kier alpha value is -2.50. The third-order valence-electron chi connectivity index (χ3n) is 4.45. The first-order chi connectivity index (χ1) is 10.5. The molecule has 2 aromatic rings. The highest BCUT2D eigenvalue weighted by atomic mass is 16.2. The van der Waals surface area contributed by atoms with E-state index in [1.807, 2.05) is 37.9 Å². The first kappa shape index (κ1) is 13.2. The number of amides is 1. The van der Waals surface area contributed by atoms with Crippen molar-refractivity contribution in [1.82, 2.24) is 14.9 Å². The summed E-state index contributed by atoms with van der Waals surface area (Å²) in [6.45, 7) is 6.71. The number of aryl methyl sites for hydroxylation is 2. The maximum atomic E-state index is 12.8. The molecule has 0 spiro atoms. The van der Waals surface area contributed by atoms with E-state index in [1.54, 1.807) is 4.90 Å². The van der Waals surface area contributed by atoms with Crippen LogP contribution in [0.5, 0.6) is 0 Å². The molecule has 0 aliphatic carbocycles. The minimum absolute atomic E-state index is 0.0651. The van der Waals surface area contributed by atoms with Gasteiger partial charge in [-0.3, -0.25) is 19.6 Å². The van der Waals surface area contributed by atoms with Crippen molar-refractivity contribution in [1.29, 1.82) is 0 Å². The first-order valence-electron chi connectivity index (χ1n) is 7.38. The summed E-state index contributed by atoms with van der Waals surface area (Å²) in [4.78, 5) is 30.1. The molecule has 0 saturated carbocycles. The number of fused-ring (bicyclic) bond motifs is 3. The van der Waals surface area contributed by atoms with Crippen molar-refractivity contribution in [2.24, 2.45) is 4.99 Å². The second kappa shape index (κ2) is 4.25. The number of carbonyl (C=O) groups is 1. The average molecular weight is 295 g/mol. The molecule has 0 fully saturated rings. The van der Waals surface area contributed by atoms with E-state index < -0.39 is 0 Å². The van der Waals surface area contributed by atoms with Crippen LogP contribution in [0.2, 0.25) is 0 Å². The summed E-state index contributed by atoms with van der Waals surface area (Å²) < 4.78 is 0. The smallest absolute Gasteiger partial charge is 0.283 e. The second-order valence-electron chi connectivity index (χ2n) is 6.04. The Morgan fingerprint density at radius 1 is 1.14 bits per heavy atom. The zero-order valence-corrected chi connectivity index (χ0v) is 13.1. The summed E-state index contributed by atoms with van der Waals surface area (Å²) in [5, 5.41) is 0. The third-order valence-corrected chi connectivity index (χ3v) is 4.45. The normalized spacial score (nSPS) is 20.3. The van der Waals surface area contributed by atoms with Gasteiger partial charge in [0.05, 0.1) is 23.6 Å². The molecule has 2 aliphatic heterocycles. The quantitative estimate of drug-likeness (QED) is 0.744. The molecule has 1 atom stereocenters. The maximum absolute atomic E-state index is 12.8. The number of aliphatic imine (C=N–C) groups is 1. The molecule has 2 aliphatic rings. The predicted molar refractivity (Wildman–Crippen MR) is 85.3 cm³/mol. The van der Waals surface area contributed by atoms with Crippen LogP contribution < -0.4 is 4.90 Å². The first-order valence-corrected chi connectivity index (χ1v) is 7.38. The maximum Gasteiger partial charge on any atom is 0.283 e. The van der Waals surface area contributed by atoms with E-state index in [1.165, 1.54) is 5.56 Å².